The van der Waals surface area contributed by atoms with Crippen LogP contribution in [0.15, 0.2) is 18.2 Å². The van der Waals surface area contributed by atoms with Crippen LogP contribution < -0.4 is 4.74 Å². The highest BCUT2D eigenvalue weighted by molar-refractivity contribution is 5.70. The first-order chi connectivity index (χ1) is 9.63. The summed E-state index contributed by atoms with van der Waals surface area (Å²) in [7, 11) is 1.70. The number of hydrogen-bond acceptors (Lipinski definition) is 3. The van der Waals surface area contributed by atoms with Gasteiger partial charge in [0.1, 0.15) is 5.75 Å². The van der Waals surface area contributed by atoms with E-state index in [0.717, 1.165) is 44.6 Å². The van der Waals surface area contributed by atoms with E-state index in [-0.39, 0.29) is 5.92 Å². The minimum atomic E-state index is -0.657. The molecule has 0 aliphatic carbocycles. The van der Waals surface area contributed by atoms with Crippen LogP contribution in [0.5, 0.6) is 5.75 Å². The molecule has 1 heterocycles. The summed E-state index contributed by atoms with van der Waals surface area (Å²) in [5.41, 5.74) is 2.50. The zero-order chi connectivity index (χ0) is 14.5. The number of aliphatic carboxylic acids is 1. The Balaban J connectivity index is 2.01. The predicted molar refractivity (Wildman–Crippen MR) is 78.0 cm³/mol. The summed E-state index contributed by atoms with van der Waals surface area (Å²) in [4.78, 5) is 13.3. The van der Waals surface area contributed by atoms with Crippen molar-refractivity contribution in [2.45, 2.75) is 32.7 Å². The lowest BCUT2D eigenvalue weighted by Crippen LogP contribution is -2.35. The quantitative estimate of drug-likeness (QED) is 0.898. The Morgan fingerprint density at radius 2 is 2.10 bits per heavy atom. The fraction of sp³-hybridized carbons (Fsp3) is 0.562. The SMILES string of the molecule is CCc1ccc(OC)c(CN2CCC(C(=O)O)CC2)c1. The Hall–Kier alpha value is -1.55. The summed E-state index contributed by atoms with van der Waals surface area (Å²) in [6.07, 6.45) is 2.49. The van der Waals surface area contributed by atoms with Crippen molar-refractivity contribution in [1.29, 1.82) is 0 Å². The monoisotopic (exact) mass is 277 g/mol. The lowest BCUT2D eigenvalue weighted by Gasteiger charge is -2.30. The third kappa shape index (κ3) is 3.51. The molecule has 0 atom stereocenters. The maximum atomic E-state index is 11.0. The third-order valence-corrected chi connectivity index (χ3v) is 4.08. The number of likely N-dealkylation sites (tertiary alicyclic amines) is 1. The molecule has 0 saturated carbocycles. The van der Waals surface area contributed by atoms with Crippen molar-refractivity contribution in [3.63, 3.8) is 0 Å². The van der Waals surface area contributed by atoms with Crippen LogP contribution in [0.2, 0.25) is 0 Å². The summed E-state index contributed by atoms with van der Waals surface area (Å²) < 4.78 is 5.42. The van der Waals surface area contributed by atoms with E-state index in [2.05, 4.69) is 24.0 Å². The van der Waals surface area contributed by atoms with E-state index in [1.165, 1.54) is 11.1 Å². The van der Waals surface area contributed by atoms with Gasteiger partial charge in [0.25, 0.3) is 0 Å². The molecule has 0 radical (unpaired) electrons. The van der Waals surface area contributed by atoms with Crippen LogP contribution in [0.4, 0.5) is 0 Å². The van der Waals surface area contributed by atoms with Gasteiger partial charge < -0.3 is 9.84 Å². The lowest BCUT2D eigenvalue weighted by molar-refractivity contribution is -0.143. The molecule has 0 unspecified atom stereocenters. The second-order valence-corrected chi connectivity index (χ2v) is 5.39. The average molecular weight is 277 g/mol. The summed E-state index contributed by atoms with van der Waals surface area (Å²) in [5, 5.41) is 9.03. The molecule has 0 aromatic heterocycles. The van der Waals surface area contributed by atoms with Crippen molar-refractivity contribution < 1.29 is 14.6 Å². The van der Waals surface area contributed by atoms with Gasteiger partial charge in [-0.25, -0.2) is 0 Å². The molecule has 4 heteroatoms. The molecule has 1 aliphatic heterocycles. The molecular weight excluding hydrogens is 254 g/mol. The molecule has 2 rings (SSSR count). The van der Waals surface area contributed by atoms with Gasteiger partial charge in [0.05, 0.1) is 13.0 Å². The van der Waals surface area contributed by atoms with Gasteiger partial charge >= 0.3 is 5.97 Å². The topological polar surface area (TPSA) is 49.8 Å². The minimum Gasteiger partial charge on any atom is -0.496 e. The number of aryl methyl sites for hydroxylation is 1. The smallest absolute Gasteiger partial charge is 0.306 e. The fourth-order valence-corrected chi connectivity index (χ4v) is 2.75. The average Bonchev–Trinajstić information content (AvgIpc) is 2.47. The van der Waals surface area contributed by atoms with Crippen molar-refractivity contribution in [3.05, 3.63) is 29.3 Å². The lowest BCUT2D eigenvalue weighted by atomic mass is 9.96. The van der Waals surface area contributed by atoms with Gasteiger partial charge in [-0.05, 0) is 44.0 Å². The van der Waals surface area contributed by atoms with Gasteiger partial charge in [-0.15, -0.1) is 0 Å². The molecule has 110 valence electrons. The van der Waals surface area contributed by atoms with Crippen molar-refractivity contribution in [2.24, 2.45) is 5.92 Å². The van der Waals surface area contributed by atoms with E-state index in [9.17, 15) is 4.79 Å². The summed E-state index contributed by atoms with van der Waals surface area (Å²) in [6, 6.07) is 6.32. The van der Waals surface area contributed by atoms with Gasteiger partial charge in [0.2, 0.25) is 0 Å². The molecule has 0 spiro atoms. The first-order valence-corrected chi connectivity index (χ1v) is 7.25. The molecule has 1 aromatic rings. The molecule has 0 bridgehead atoms. The van der Waals surface area contributed by atoms with Crippen LogP contribution >= 0.6 is 0 Å². The number of nitrogens with zero attached hydrogens (tertiary/aromatic N) is 1. The largest absolute Gasteiger partial charge is 0.496 e. The van der Waals surface area contributed by atoms with E-state index in [4.69, 9.17) is 9.84 Å². The number of methoxy groups -OCH3 is 1. The Morgan fingerprint density at radius 1 is 1.40 bits per heavy atom. The maximum Gasteiger partial charge on any atom is 0.306 e. The summed E-state index contributed by atoms with van der Waals surface area (Å²) in [5.74, 6) is 0.0906. The molecule has 1 aromatic carbocycles. The van der Waals surface area contributed by atoms with Gasteiger partial charge in [0.15, 0.2) is 0 Å². The summed E-state index contributed by atoms with van der Waals surface area (Å²) >= 11 is 0. The van der Waals surface area contributed by atoms with Crippen molar-refractivity contribution in [3.8, 4) is 5.75 Å². The number of piperidine rings is 1. The van der Waals surface area contributed by atoms with Gasteiger partial charge in [-0.3, -0.25) is 9.69 Å². The Labute approximate surface area is 120 Å². The molecular formula is C16H23NO3. The standard InChI is InChI=1S/C16H23NO3/c1-3-12-4-5-15(20-2)14(10-12)11-17-8-6-13(7-9-17)16(18)19/h4-5,10,13H,3,6-9,11H2,1-2H3,(H,18,19). The van der Waals surface area contributed by atoms with Crippen molar-refractivity contribution >= 4 is 5.97 Å². The predicted octanol–water partition coefficient (Wildman–Crippen LogP) is 2.55. The van der Waals surface area contributed by atoms with Crippen LogP contribution in [0, 0.1) is 5.92 Å². The van der Waals surface area contributed by atoms with Crippen molar-refractivity contribution in [1.82, 2.24) is 4.90 Å². The first kappa shape index (κ1) is 14.9. The summed E-state index contributed by atoms with van der Waals surface area (Å²) in [6.45, 7) is 4.67. The maximum absolute atomic E-state index is 11.0. The Kier molecular flexibility index (Phi) is 5.01. The van der Waals surface area contributed by atoms with Crippen LogP contribution in [0.1, 0.15) is 30.9 Å². The number of benzene rings is 1. The first-order valence-electron chi connectivity index (χ1n) is 7.25. The number of carboxylic acid groups (broad SMARTS) is 1. The highest BCUT2D eigenvalue weighted by Gasteiger charge is 2.24. The zero-order valence-electron chi connectivity index (χ0n) is 12.3. The number of rotatable bonds is 5. The van der Waals surface area contributed by atoms with E-state index in [0.29, 0.717) is 0 Å². The molecule has 1 N–H and O–H groups in total. The minimum absolute atomic E-state index is 0.171. The molecule has 1 aliphatic rings. The van der Waals surface area contributed by atoms with Gasteiger partial charge in [0, 0.05) is 12.1 Å². The highest BCUT2D eigenvalue weighted by atomic mass is 16.5. The molecule has 1 saturated heterocycles. The van der Waals surface area contributed by atoms with Crippen LogP contribution in [0.3, 0.4) is 0 Å². The molecule has 20 heavy (non-hydrogen) atoms. The Bertz CT molecular complexity index is 465. The number of carboxylic acids is 1. The van der Waals surface area contributed by atoms with Crippen LogP contribution in [-0.2, 0) is 17.8 Å². The zero-order valence-corrected chi connectivity index (χ0v) is 12.3. The van der Waals surface area contributed by atoms with E-state index in [1.807, 2.05) is 6.07 Å². The molecule has 0 amide bonds. The van der Waals surface area contributed by atoms with Crippen molar-refractivity contribution in [2.75, 3.05) is 20.2 Å². The van der Waals surface area contributed by atoms with Crippen LogP contribution in [-0.4, -0.2) is 36.2 Å². The van der Waals surface area contributed by atoms with Gasteiger partial charge in [-0.1, -0.05) is 19.1 Å². The second-order valence-electron chi connectivity index (χ2n) is 5.39. The normalized spacial score (nSPS) is 17.1. The number of ether oxygens (including phenoxy) is 1. The molecule has 1 fully saturated rings. The van der Waals surface area contributed by atoms with Crippen LogP contribution in [0.25, 0.3) is 0 Å². The molecule has 4 nitrogen and oxygen atoms in total. The van der Waals surface area contributed by atoms with E-state index >= 15 is 0 Å². The van der Waals surface area contributed by atoms with E-state index < -0.39 is 5.97 Å². The second kappa shape index (κ2) is 6.75. The third-order valence-electron chi connectivity index (χ3n) is 4.08. The van der Waals surface area contributed by atoms with E-state index in [1.54, 1.807) is 7.11 Å². The van der Waals surface area contributed by atoms with Gasteiger partial charge in [-0.2, -0.15) is 0 Å². The highest BCUT2D eigenvalue weighted by Crippen LogP contribution is 2.25. The number of hydrogen-bond donors (Lipinski definition) is 1. The number of carbonyl (C=O) groups is 1. The Morgan fingerprint density at radius 3 is 2.65 bits per heavy atom. The fourth-order valence-electron chi connectivity index (χ4n) is 2.75.